The highest BCUT2D eigenvalue weighted by Crippen LogP contribution is 2.44. The van der Waals surface area contributed by atoms with E-state index < -0.39 is 0 Å². The summed E-state index contributed by atoms with van der Waals surface area (Å²) in [5, 5.41) is 0. The Morgan fingerprint density at radius 3 is 2.44 bits per heavy atom. The van der Waals surface area contributed by atoms with Crippen LogP contribution in [0, 0.1) is 5.82 Å². The summed E-state index contributed by atoms with van der Waals surface area (Å²) in [6.45, 7) is 10.2. The number of ether oxygens (including phenoxy) is 1. The summed E-state index contributed by atoms with van der Waals surface area (Å²) in [6.07, 6.45) is 12.6. The van der Waals surface area contributed by atoms with E-state index in [1.54, 1.807) is 13.2 Å². The monoisotopic (exact) mass is 344 g/mol. The SMILES string of the molecule is C=C(/C=C\C(=C/C)OC)CC1(c2cccc(F)c2)CCCCC1.CC. The second-order valence-electron chi connectivity index (χ2n) is 6.41. The van der Waals surface area contributed by atoms with E-state index in [9.17, 15) is 4.39 Å². The van der Waals surface area contributed by atoms with E-state index >= 15 is 0 Å². The largest absolute Gasteiger partial charge is 0.497 e. The molecule has 1 saturated carbocycles. The van der Waals surface area contributed by atoms with Gasteiger partial charge in [0.2, 0.25) is 0 Å². The number of methoxy groups -OCH3 is 1. The predicted molar refractivity (Wildman–Crippen MR) is 106 cm³/mol. The second kappa shape index (κ2) is 10.9. The van der Waals surface area contributed by atoms with Crippen molar-refractivity contribution in [3.05, 3.63) is 71.8 Å². The fourth-order valence-corrected chi connectivity index (χ4v) is 3.59. The second-order valence-corrected chi connectivity index (χ2v) is 6.41. The number of hydrogen-bond donors (Lipinski definition) is 0. The van der Waals surface area contributed by atoms with E-state index in [0.29, 0.717) is 0 Å². The van der Waals surface area contributed by atoms with E-state index in [4.69, 9.17) is 4.74 Å². The Kier molecular flexibility index (Phi) is 9.26. The first-order chi connectivity index (χ1) is 12.1. The molecule has 2 rings (SSSR count). The first-order valence-electron chi connectivity index (χ1n) is 9.42. The number of rotatable bonds is 6. The average molecular weight is 345 g/mol. The van der Waals surface area contributed by atoms with Gasteiger partial charge in [-0.3, -0.25) is 0 Å². The van der Waals surface area contributed by atoms with Crippen LogP contribution in [0.4, 0.5) is 4.39 Å². The van der Waals surface area contributed by atoms with Gasteiger partial charge in [-0.2, -0.15) is 0 Å². The Morgan fingerprint density at radius 1 is 1.20 bits per heavy atom. The molecule has 0 N–H and O–H groups in total. The lowest BCUT2D eigenvalue weighted by atomic mass is 9.66. The molecule has 1 aliphatic carbocycles. The van der Waals surface area contributed by atoms with Crippen LogP contribution in [0.15, 0.2) is 60.4 Å². The summed E-state index contributed by atoms with van der Waals surface area (Å²) in [6, 6.07) is 7.11. The highest BCUT2D eigenvalue weighted by atomic mass is 19.1. The molecule has 1 aromatic rings. The molecule has 0 saturated heterocycles. The minimum atomic E-state index is -0.149. The quantitative estimate of drug-likeness (QED) is 0.395. The molecule has 0 aliphatic heterocycles. The van der Waals surface area contributed by atoms with Gasteiger partial charge in [0.15, 0.2) is 0 Å². The number of benzene rings is 1. The van der Waals surface area contributed by atoms with Crippen molar-refractivity contribution in [2.75, 3.05) is 7.11 Å². The van der Waals surface area contributed by atoms with Crippen LogP contribution in [0.5, 0.6) is 0 Å². The summed E-state index contributed by atoms with van der Waals surface area (Å²) in [7, 11) is 1.66. The molecule has 1 fully saturated rings. The van der Waals surface area contributed by atoms with Crippen molar-refractivity contribution >= 4 is 0 Å². The van der Waals surface area contributed by atoms with E-state index in [1.807, 2.05) is 45.1 Å². The molecule has 0 amide bonds. The van der Waals surface area contributed by atoms with Crippen LogP contribution in [-0.4, -0.2) is 7.11 Å². The molecule has 0 radical (unpaired) electrons. The van der Waals surface area contributed by atoms with Gasteiger partial charge >= 0.3 is 0 Å². The summed E-state index contributed by atoms with van der Waals surface area (Å²) < 4.78 is 19.0. The topological polar surface area (TPSA) is 9.23 Å². The number of halogens is 1. The Balaban J connectivity index is 0.00000151. The molecular weight excluding hydrogens is 311 g/mol. The first kappa shape index (κ1) is 21.2. The minimum Gasteiger partial charge on any atom is -0.497 e. The molecule has 138 valence electrons. The maximum Gasteiger partial charge on any atom is 0.123 e. The maximum absolute atomic E-state index is 13.7. The van der Waals surface area contributed by atoms with Crippen LogP contribution in [0.25, 0.3) is 0 Å². The molecule has 0 bridgehead atoms. The van der Waals surface area contributed by atoms with Gasteiger partial charge in [-0.05, 0) is 61.4 Å². The van der Waals surface area contributed by atoms with Crippen LogP contribution in [0.1, 0.15) is 64.9 Å². The average Bonchev–Trinajstić information content (AvgIpc) is 2.65. The molecule has 0 atom stereocenters. The minimum absolute atomic E-state index is 0.0188. The van der Waals surface area contributed by atoms with E-state index in [-0.39, 0.29) is 11.2 Å². The zero-order valence-corrected chi connectivity index (χ0v) is 16.3. The lowest BCUT2D eigenvalue weighted by Crippen LogP contribution is -2.29. The Bertz CT molecular complexity index is 592. The van der Waals surface area contributed by atoms with Gasteiger partial charge < -0.3 is 4.74 Å². The van der Waals surface area contributed by atoms with Crippen molar-refractivity contribution in [1.82, 2.24) is 0 Å². The zero-order valence-electron chi connectivity index (χ0n) is 16.3. The fourth-order valence-electron chi connectivity index (χ4n) is 3.59. The third-order valence-electron chi connectivity index (χ3n) is 4.82. The molecule has 1 nitrogen and oxygen atoms in total. The molecule has 2 heteroatoms. The van der Waals surface area contributed by atoms with Crippen molar-refractivity contribution in [1.29, 1.82) is 0 Å². The molecule has 25 heavy (non-hydrogen) atoms. The van der Waals surface area contributed by atoms with Crippen LogP contribution >= 0.6 is 0 Å². The standard InChI is InChI=1S/C21H27FO.C2H6/c1-4-20(23-3)12-11-17(2)16-21(13-6-5-7-14-21)18-9-8-10-19(22)15-18;1-2/h4,8-12,15H,2,5-7,13-14,16H2,1,3H3;1-2H3/b12-11-,20-4+;. The molecule has 0 heterocycles. The maximum atomic E-state index is 13.7. The zero-order chi connectivity index (χ0) is 18.7. The van der Waals surface area contributed by atoms with Gasteiger partial charge in [-0.25, -0.2) is 4.39 Å². The van der Waals surface area contributed by atoms with Crippen molar-refractivity contribution in [3.8, 4) is 0 Å². The third-order valence-corrected chi connectivity index (χ3v) is 4.82. The fraction of sp³-hybridized carbons (Fsp3) is 0.478. The predicted octanol–water partition coefficient (Wildman–Crippen LogP) is 7.11. The van der Waals surface area contributed by atoms with Crippen LogP contribution < -0.4 is 0 Å². The van der Waals surface area contributed by atoms with Gasteiger partial charge in [0.25, 0.3) is 0 Å². The van der Waals surface area contributed by atoms with Crippen molar-refractivity contribution in [3.63, 3.8) is 0 Å². The lowest BCUT2D eigenvalue weighted by molar-refractivity contribution is 0.290. The van der Waals surface area contributed by atoms with Crippen molar-refractivity contribution in [2.45, 2.75) is 64.7 Å². The van der Waals surface area contributed by atoms with Gasteiger partial charge in [-0.15, -0.1) is 0 Å². The van der Waals surface area contributed by atoms with Gasteiger partial charge in [0.1, 0.15) is 11.6 Å². The third kappa shape index (κ3) is 6.19. The Hall–Kier alpha value is -1.83. The van der Waals surface area contributed by atoms with Gasteiger partial charge in [-0.1, -0.05) is 63.5 Å². The summed E-state index contributed by atoms with van der Waals surface area (Å²) in [5.74, 6) is 0.679. The van der Waals surface area contributed by atoms with Crippen LogP contribution in [-0.2, 0) is 10.2 Å². The van der Waals surface area contributed by atoms with Crippen LogP contribution in [0.3, 0.4) is 0 Å². The first-order valence-corrected chi connectivity index (χ1v) is 9.42. The molecule has 1 aromatic carbocycles. The van der Waals surface area contributed by atoms with Gasteiger partial charge in [0, 0.05) is 0 Å². The highest BCUT2D eigenvalue weighted by molar-refractivity contribution is 5.32. The molecule has 0 spiro atoms. The van der Waals surface area contributed by atoms with Crippen molar-refractivity contribution in [2.24, 2.45) is 0 Å². The normalized spacial score (nSPS) is 16.9. The van der Waals surface area contributed by atoms with Gasteiger partial charge in [0.05, 0.1) is 7.11 Å². The van der Waals surface area contributed by atoms with E-state index in [1.165, 1.54) is 25.3 Å². The molecular formula is C23H33FO. The number of hydrogen-bond acceptors (Lipinski definition) is 1. The smallest absolute Gasteiger partial charge is 0.123 e. The summed E-state index contributed by atoms with van der Waals surface area (Å²) in [5.41, 5.74) is 2.20. The molecule has 0 aromatic heterocycles. The molecule has 1 aliphatic rings. The number of allylic oxidation sites excluding steroid dienone is 4. The summed E-state index contributed by atoms with van der Waals surface area (Å²) >= 11 is 0. The highest BCUT2D eigenvalue weighted by Gasteiger charge is 2.34. The Morgan fingerprint density at radius 2 is 1.88 bits per heavy atom. The van der Waals surface area contributed by atoms with E-state index in [0.717, 1.165) is 36.2 Å². The lowest BCUT2D eigenvalue weighted by Gasteiger charge is -2.38. The van der Waals surface area contributed by atoms with Crippen LogP contribution in [0.2, 0.25) is 0 Å². The molecule has 0 unspecified atom stereocenters. The summed E-state index contributed by atoms with van der Waals surface area (Å²) in [4.78, 5) is 0. The van der Waals surface area contributed by atoms with E-state index in [2.05, 4.69) is 12.6 Å². The Labute approximate surface area is 153 Å². The van der Waals surface area contributed by atoms with Crippen molar-refractivity contribution < 1.29 is 9.13 Å².